The van der Waals surface area contributed by atoms with Crippen LogP contribution in [-0.2, 0) is 20.7 Å². The molecular formula is C20H26N2O3. The minimum Gasteiger partial charge on any atom is -0.466 e. The van der Waals surface area contributed by atoms with E-state index < -0.39 is 0 Å². The number of nitrogens with zero attached hydrogens (tertiary/aromatic N) is 1. The van der Waals surface area contributed by atoms with Crippen molar-refractivity contribution in [3.8, 4) is 0 Å². The molecule has 1 N–H and O–H groups in total. The van der Waals surface area contributed by atoms with Gasteiger partial charge in [-0.2, -0.15) is 0 Å². The summed E-state index contributed by atoms with van der Waals surface area (Å²) in [5.74, 6) is -0.0631. The van der Waals surface area contributed by atoms with E-state index in [0.717, 1.165) is 22.2 Å². The van der Waals surface area contributed by atoms with Gasteiger partial charge < -0.3 is 14.6 Å². The van der Waals surface area contributed by atoms with E-state index in [1.165, 1.54) is 5.56 Å². The second kappa shape index (κ2) is 7.30. The predicted octanol–water partition coefficient (Wildman–Crippen LogP) is 3.13. The van der Waals surface area contributed by atoms with Gasteiger partial charge in [0.1, 0.15) is 0 Å². The summed E-state index contributed by atoms with van der Waals surface area (Å²) in [5.41, 5.74) is 4.40. The van der Waals surface area contributed by atoms with Crippen LogP contribution >= 0.6 is 0 Å². The maximum absolute atomic E-state index is 12.7. The highest BCUT2D eigenvalue weighted by molar-refractivity contribution is 5.90. The van der Waals surface area contributed by atoms with Crippen LogP contribution < -0.4 is 0 Å². The number of likely N-dealkylation sites (tertiary alicyclic amines) is 1. The van der Waals surface area contributed by atoms with E-state index in [2.05, 4.69) is 30.1 Å². The first-order chi connectivity index (χ1) is 12.0. The third kappa shape index (κ3) is 3.70. The normalized spacial score (nSPS) is 15.6. The van der Waals surface area contributed by atoms with E-state index >= 15 is 0 Å². The van der Waals surface area contributed by atoms with Crippen molar-refractivity contribution in [2.24, 2.45) is 5.92 Å². The van der Waals surface area contributed by atoms with Gasteiger partial charge >= 0.3 is 5.97 Å². The van der Waals surface area contributed by atoms with Crippen LogP contribution in [-0.4, -0.2) is 41.5 Å². The maximum Gasteiger partial charge on any atom is 0.309 e. The lowest BCUT2D eigenvalue weighted by molar-refractivity contribution is -0.151. The first kappa shape index (κ1) is 17.5. The topological polar surface area (TPSA) is 62.4 Å². The van der Waals surface area contributed by atoms with Gasteiger partial charge in [-0.15, -0.1) is 0 Å². The molecule has 1 aromatic heterocycles. The summed E-state index contributed by atoms with van der Waals surface area (Å²) < 4.78 is 5.09. The molecule has 1 saturated heterocycles. The zero-order valence-corrected chi connectivity index (χ0v) is 15.2. The molecule has 0 saturated carbocycles. The highest BCUT2D eigenvalue weighted by atomic mass is 16.5. The quantitative estimate of drug-likeness (QED) is 0.868. The number of piperidine rings is 1. The molecule has 3 rings (SSSR count). The van der Waals surface area contributed by atoms with Gasteiger partial charge in [-0.25, -0.2) is 0 Å². The number of aromatic amines is 1. The molecular weight excluding hydrogens is 316 g/mol. The molecule has 1 fully saturated rings. The number of nitrogens with one attached hydrogen (secondary N) is 1. The van der Waals surface area contributed by atoms with Crippen LogP contribution in [0.3, 0.4) is 0 Å². The lowest BCUT2D eigenvalue weighted by atomic mass is 9.96. The van der Waals surface area contributed by atoms with Crippen molar-refractivity contribution in [3.05, 3.63) is 35.0 Å². The molecule has 0 radical (unpaired) electrons. The van der Waals surface area contributed by atoms with Crippen LogP contribution in [0.4, 0.5) is 0 Å². The largest absolute Gasteiger partial charge is 0.466 e. The number of aryl methyl sites for hydroxylation is 2. The van der Waals surface area contributed by atoms with Crippen LogP contribution in [0.1, 0.15) is 36.6 Å². The van der Waals surface area contributed by atoms with Gasteiger partial charge in [0.15, 0.2) is 0 Å². The fourth-order valence-electron chi connectivity index (χ4n) is 3.61. The van der Waals surface area contributed by atoms with Gasteiger partial charge in [0.05, 0.1) is 18.9 Å². The summed E-state index contributed by atoms with van der Waals surface area (Å²) >= 11 is 0. The molecule has 0 aliphatic carbocycles. The molecule has 0 spiro atoms. The van der Waals surface area contributed by atoms with Crippen molar-refractivity contribution >= 4 is 22.8 Å². The number of hydrogen-bond acceptors (Lipinski definition) is 3. The smallest absolute Gasteiger partial charge is 0.309 e. The number of fused-ring (bicyclic) bond motifs is 1. The van der Waals surface area contributed by atoms with Gasteiger partial charge in [0.25, 0.3) is 0 Å². The zero-order chi connectivity index (χ0) is 18.0. The van der Waals surface area contributed by atoms with Gasteiger partial charge in [-0.3, -0.25) is 9.59 Å². The average Bonchev–Trinajstić information content (AvgIpc) is 2.90. The zero-order valence-electron chi connectivity index (χ0n) is 15.2. The molecule has 2 heterocycles. The molecule has 1 aliphatic heterocycles. The summed E-state index contributed by atoms with van der Waals surface area (Å²) in [4.78, 5) is 29.8. The Morgan fingerprint density at radius 3 is 2.64 bits per heavy atom. The number of carbonyl (C=O) groups is 2. The molecule has 0 bridgehead atoms. The molecule has 0 unspecified atom stereocenters. The first-order valence-corrected chi connectivity index (χ1v) is 9.01. The highest BCUT2D eigenvalue weighted by Gasteiger charge is 2.28. The van der Waals surface area contributed by atoms with E-state index in [0.29, 0.717) is 39.0 Å². The predicted molar refractivity (Wildman–Crippen MR) is 97.4 cm³/mol. The molecule has 5 heteroatoms. The number of amides is 1. The van der Waals surface area contributed by atoms with Crippen LogP contribution in [0, 0.1) is 19.8 Å². The number of hydrogen-bond donors (Lipinski definition) is 1. The summed E-state index contributed by atoms with van der Waals surface area (Å²) in [5, 5.41) is 1.13. The summed E-state index contributed by atoms with van der Waals surface area (Å²) in [6.45, 7) is 7.57. The number of carbonyl (C=O) groups excluding carboxylic acids is 2. The van der Waals surface area contributed by atoms with Crippen molar-refractivity contribution in [2.45, 2.75) is 40.0 Å². The lowest BCUT2D eigenvalue weighted by Crippen LogP contribution is -2.41. The third-order valence-electron chi connectivity index (χ3n) is 5.07. The average molecular weight is 342 g/mol. The Balaban J connectivity index is 1.67. The Labute approximate surface area is 148 Å². The molecule has 0 atom stereocenters. The van der Waals surface area contributed by atoms with Crippen LogP contribution in [0.5, 0.6) is 0 Å². The lowest BCUT2D eigenvalue weighted by Gasteiger charge is -2.31. The fourth-order valence-corrected chi connectivity index (χ4v) is 3.61. The number of esters is 1. The van der Waals surface area contributed by atoms with E-state index in [1.807, 2.05) is 18.7 Å². The highest BCUT2D eigenvalue weighted by Crippen LogP contribution is 2.25. The second-order valence-corrected chi connectivity index (χ2v) is 6.86. The molecule has 2 aromatic rings. The standard InChI is InChI=1S/C20H26N2O3/c1-4-25-20(24)15-7-9-22(10-8-15)19(23)12-16-14(3)21-18-6-5-13(2)11-17(16)18/h5-6,11,15,21H,4,7-10,12H2,1-3H3. The summed E-state index contributed by atoms with van der Waals surface area (Å²) in [6, 6.07) is 6.27. The Bertz CT molecular complexity index is 786. The SMILES string of the molecule is CCOC(=O)C1CCN(C(=O)Cc2c(C)[nH]c3ccc(C)cc23)CC1. The Kier molecular flexibility index (Phi) is 5.11. The van der Waals surface area contributed by atoms with E-state index in [-0.39, 0.29) is 17.8 Å². The van der Waals surface area contributed by atoms with Crippen molar-refractivity contribution in [2.75, 3.05) is 19.7 Å². The molecule has 25 heavy (non-hydrogen) atoms. The molecule has 5 nitrogen and oxygen atoms in total. The van der Waals surface area contributed by atoms with E-state index in [1.54, 1.807) is 0 Å². The Morgan fingerprint density at radius 2 is 1.96 bits per heavy atom. The monoisotopic (exact) mass is 342 g/mol. The molecule has 134 valence electrons. The van der Waals surface area contributed by atoms with E-state index in [4.69, 9.17) is 4.74 Å². The summed E-state index contributed by atoms with van der Waals surface area (Å²) in [6.07, 6.45) is 1.78. The van der Waals surface area contributed by atoms with Crippen LogP contribution in [0.15, 0.2) is 18.2 Å². The van der Waals surface area contributed by atoms with Gasteiger partial charge in [0, 0.05) is 29.7 Å². The molecule has 1 aliphatic rings. The number of aromatic nitrogens is 1. The van der Waals surface area contributed by atoms with Crippen LogP contribution in [0.2, 0.25) is 0 Å². The minimum atomic E-state index is -0.127. The van der Waals surface area contributed by atoms with Crippen LogP contribution in [0.25, 0.3) is 10.9 Å². The number of benzene rings is 1. The van der Waals surface area contributed by atoms with Gasteiger partial charge in [0.2, 0.25) is 5.91 Å². The fraction of sp³-hybridized carbons (Fsp3) is 0.500. The van der Waals surface area contributed by atoms with Gasteiger partial charge in [-0.05, 0) is 51.3 Å². The maximum atomic E-state index is 12.7. The molecule has 1 amide bonds. The van der Waals surface area contributed by atoms with Crippen molar-refractivity contribution in [1.29, 1.82) is 0 Å². The molecule has 1 aromatic carbocycles. The summed E-state index contributed by atoms with van der Waals surface area (Å²) in [7, 11) is 0. The van der Waals surface area contributed by atoms with E-state index in [9.17, 15) is 9.59 Å². The number of rotatable bonds is 4. The number of H-pyrrole nitrogens is 1. The second-order valence-electron chi connectivity index (χ2n) is 6.86. The number of ether oxygens (including phenoxy) is 1. The van der Waals surface area contributed by atoms with Crippen molar-refractivity contribution in [1.82, 2.24) is 9.88 Å². The van der Waals surface area contributed by atoms with Gasteiger partial charge in [-0.1, -0.05) is 11.6 Å². The van der Waals surface area contributed by atoms with Crippen molar-refractivity contribution in [3.63, 3.8) is 0 Å². The minimum absolute atomic E-state index is 0.0681. The van der Waals surface area contributed by atoms with Crippen molar-refractivity contribution < 1.29 is 14.3 Å². The Hall–Kier alpha value is -2.30. The third-order valence-corrected chi connectivity index (χ3v) is 5.07. The first-order valence-electron chi connectivity index (χ1n) is 9.01. The Morgan fingerprint density at radius 1 is 1.24 bits per heavy atom.